The summed E-state index contributed by atoms with van der Waals surface area (Å²) in [6, 6.07) is 0. The maximum atomic E-state index is 8.58. The van der Waals surface area contributed by atoms with Crippen LogP contribution in [-0.4, -0.2) is 28.2 Å². The van der Waals surface area contributed by atoms with Crippen LogP contribution in [0.4, 0.5) is 5.82 Å². The van der Waals surface area contributed by atoms with Gasteiger partial charge in [-0.1, -0.05) is 0 Å². The molecule has 0 aromatic carbocycles. The summed E-state index contributed by atoms with van der Waals surface area (Å²) < 4.78 is 0.783. The van der Waals surface area contributed by atoms with Crippen molar-refractivity contribution in [1.82, 2.24) is 9.97 Å². The summed E-state index contributed by atoms with van der Waals surface area (Å²) in [6.07, 6.45) is 3.28. The first-order valence-electron chi connectivity index (χ1n) is 4.27. The second kappa shape index (κ2) is 6.16. The molecule has 1 heterocycles. The molecule has 6 heteroatoms. The Labute approximate surface area is 95.8 Å². The van der Waals surface area contributed by atoms with E-state index in [4.69, 9.17) is 16.7 Å². The number of nitrogens with one attached hydrogen (secondary N) is 1. The number of aromatic nitrogens is 2. The molecule has 0 aliphatic heterocycles. The summed E-state index contributed by atoms with van der Waals surface area (Å²) in [5.74, 6) is 0.683. The zero-order chi connectivity index (χ0) is 10.4. The van der Waals surface area contributed by atoms with Crippen molar-refractivity contribution in [1.29, 1.82) is 0 Å². The molecular weight excluding hydrogens is 269 g/mol. The first-order chi connectivity index (χ1) is 6.74. The first-order valence-corrected chi connectivity index (χ1v) is 5.44. The number of aliphatic hydroxyl groups is 1. The molecule has 0 saturated carbocycles. The molecule has 0 fully saturated rings. The van der Waals surface area contributed by atoms with Crippen LogP contribution in [0, 0.1) is 0 Å². The number of nitrogens with zero attached hydrogens (tertiary/aromatic N) is 2. The number of rotatable bonds is 5. The predicted molar refractivity (Wildman–Crippen MR) is 59.6 cm³/mol. The summed E-state index contributed by atoms with van der Waals surface area (Å²) in [4.78, 5) is 7.82. The average Bonchev–Trinajstić information content (AvgIpc) is 2.18. The lowest BCUT2D eigenvalue weighted by Crippen LogP contribution is -2.05. The van der Waals surface area contributed by atoms with E-state index in [1.54, 1.807) is 6.20 Å². The quantitative estimate of drug-likeness (QED) is 0.640. The van der Waals surface area contributed by atoms with Gasteiger partial charge < -0.3 is 10.4 Å². The average molecular weight is 281 g/mol. The second-order valence-electron chi connectivity index (χ2n) is 2.69. The molecule has 78 valence electrons. The topological polar surface area (TPSA) is 58.0 Å². The molecule has 0 spiro atoms. The SMILES string of the molecule is OCCCCNc1nc(Cl)ncc1Br. The van der Waals surface area contributed by atoms with Gasteiger partial charge >= 0.3 is 0 Å². The molecule has 4 nitrogen and oxygen atoms in total. The molecule has 0 bridgehead atoms. The zero-order valence-electron chi connectivity index (χ0n) is 7.50. The Morgan fingerprint density at radius 3 is 3.00 bits per heavy atom. The van der Waals surface area contributed by atoms with E-state index < -0.39 is 0 Å². The van der Waals surface area contributed by atoms with E-state index >= 15 is 0 Å². The molecule has 1 aromatic heterocycles. The largest absolute Gasteiger partial charge is 0.396 e. The van der Waals surface area contributed by atoms with Crippen LogP contribution >= 0.6 is 27.5 Å². The molecule has 2 N–H and O–H groups in total. The number of unbranched alkanes of at least 4 members (excludes halogenated alkanes) is 1. The highest BCUT2D eigenvalue weighted by molar-refractivity contribution is 9.10. The number of halogens is 2. The predicted octanol–water partition coefficient (Wildman–Crippen LogP) is 2.08. The molecule has 1 aromatic rings. The Morgan fingerprint density at radius 1 is 1.50 bits per heavy atom. The fourth-order valence-electron chi connectivity index (χ4n) is 0.913. The van der Waals surface area contributed by atoms with Gasteiger partial charge in [-0.05, 0) is 40.4 Å². The van der Waals surface area contributed by atoms with Gasteiger partial charge in [0.25, 0.3) is 0 Å². The van der Waals surface area contributed by atoms with Gasteiger partial charge in [-0.15, -0.1) is 0 Å². The molecule has 0 saturated heterocycles. The van der Waals surface area contributed by atoms with Gasteiger partial charge in [-0.3, -0.25) is 0 Å². The number of hydrogen-bond donors (Lipinski definition) is 2. The van der Waals surface area contributed by atoms with E-state index in [-0.39, 0.29) is 11.9 Å². The fraction of sp³-hybridized carbons (Fsp3) is 0.500. The molecule has 14 heavy (non-hydrogen) atoms. The van der Waals surface area contributed by atoms with Crippen molar-refractivity contribution in [3.8, 4) is 0 Å². The molecule has 0 aliphatic carbocycles. The Morgan fingerprint density at radius 2 is 2.29 bits per heavy atom. The monoisotopic (exact) mass is 279 g/mol. The minimum absolute atomic E-state index is 0.216. The van der Waals surface area contributed by atoms with Crippen molar-refractivity contribution in [2.24, 2.45) is 0 Å². The van der Waals surface area contributed by atoms with Crippen molar-refractivity contribution in [2.75, 3.05) is 18.5 Å². The van der Waals surface area contributed by atoms with Gasteiger partial charge in [0, 0.05) is 19.3 Å². The lowest BCUT2D eigenvalue weighted by Gasteiger charge is -2.06. The molecule has 0 unspecified atom stereocenters. The van der Waals surface area contributed by atoms with Gasteiger partial charge in [0.2, 0.25) is 5.28 Å². The third-order valence-corrected chi connectivity index (χ3v) is 2.35. The number of aliphatic hydroxyl groups excluding tert-OH is 1. The van der Waals surface area contributed by atoms with Gasteiger partial charge in [0.1, 0.15) is 5.82 Å². The summed E-state index contributed by atoms with van der Waals surface area (Å²) in [6.45, 7) is 0.972. The third-order valence-electron chi connectivity index (χ3n) is 1.59. The van der Waals surface area contributed by atoms with E-state index in [0.717, 1.165) is 23.9 Å². The lowest BCUT2D eigenvalue weighted by atomic mass is 10.3. The maximum absolute atomic E-state index is 8.58. The number of anilines is 1. The minimum Gasteiger partial charge on any atom is -0.396 e. The lowest BCUT2D eigenvalue weighted by molar-refractivity contribution is 0.286. The van der Waals surface area contributed by atoms with Crippen LogP contribution in [0.25, 0.3) is 0 Å². The molecule has 0 radical (unpaired) electrons. The van der Waals surface area contributed by atoms with Gasteiger partial charge in [-0.25, -0.2) is 4.98 Å². The highest BCUT2D eigenvalue weighted by atomic mass is 79.9. The van der Waals surface area contributed by atoms with E-state index in [0.29, 0.717) is 5.82 Å². The van der Waals surface area contributed by atoms with Crippen molar-refractivity contribution in [3.05, 3.63) is 16.0 Å². The number of hydrogen-bond acceptors (Lipinski definition) is 4. The van der Waals surface area contributed by atoms with Crippen molar-refractivity contribution < 1.29 is 5.11 Å². The van der Waals surface area contributed by atoms with Gasteiger partial charge in [0.05, 0.1) is 4.47 Å². The van der Waals surface area contributed by atoms with Gasteiger partial charge in [-0.2, -0.15) is 4.98 Å². The van der Waals surface area contributed by atoms with E-state index in [9.17, 15) is 0 Å². The standard InChI is InChI=1S/C8H11BrClN3O/c9-6-5-12-8(10)13-7(6)11-3-1-2-4-14/h5,14H,1-4H2,(H,11,12,13). The molecule has 0 atom stereocenters. The zero-order valence-corrected chi connectivity index (χ0v) is 9.85. The Balaban J connectivity index is 2.45. The van der Waals surface area contributed by atoms with Crippen molar-refractivity contribution >= 4 is 33.3 Å². The van der Waals surface area contributed by atoms with Crippen LogP contribution in [0.2, 0.25) is 5.28 Å². The summed E-state index contributed by atoms with van der Waals surface area (Å²) in [5.41, 5.74) is 0. The highest BCUT2D eigenvalue weighted by Crippen LogP contribution is 2.19. The molecular formula is C8H11BrClN3O. The van der Waals surface area contributed by atoms with Crippen molar-refractivity contribution in [3.63, 3.8) is 0 Å². The minimum atomic E-state index is 0.216. The Bertz CT molecular complexity index is 298. The fourth-order valence-corrected chi connectivity index (χ4v) is 1.38. The van der Waals surface area contributed by atoms with Crippen molar-refractivity contribution in [2.45, 2.75) is 12.8 Å². The first kappa shape index (κ1) is 11.7. The second-order valence-corrected chi connectivity index (χ2v) is 3.89. The Kier molecular flexibility index (Phi) is 5.14. The Hall–Kier alpha value is -0.390. The summed E-state index contributed by atoms with van der Waals surface area (Å²) >= 11 is 8.94. The molecule has 1 rings (SSSR count). The van der Waals surface area contributed by atoms with Gasteiger partial charge in [0.15, 0.2) is 0 Å². The maximum Gasteiger partial charge on any atom is 0.224 e. The third kappa shape index (κ3) is 3.77. The van der Waals surface area contributed by atoms with E-state index in [1.807, 2.05) is 0 Å². The van der Waals surface area contributed by atoms with Crippen LogP contribution in [0.3, 0.4) is 0 Å². The normalized spacial score (nSPS) is 10.2. The smallest absolute Gasteiger partial charge is 0.224 e. The van der Waals surface area contributed by atoms with Crippen LogP contribution in [0.1, 0.15) is 12.8 Å². The van der Waals surface area contributed by atoms with E-state index in [2.05, 4.69) is 31.2 Å². The van der Waals surface area contributed by atoms with Crippen LogP contribution in [-0.2, 0) is 0 Å². The highest BCUT2D eigenvalue weighted by Gasteiger charge is 2.02. The van der Waals surface area contributed by atoms with Crippen LogP contribution < -0.4 is 5.32 Å². The summed E-state index contributed by atoms with van der Waals surface area (Å²) in [7, 11) is 0. The van der Waals surface area contributed by atoms with E-state index in [1.165, 1.54) is 0 Å². The molecule has 0 amide bonds. The van der Waals surface area contributed by atoms with Crippen LogP contribution in [0.15, 0.2) is 10.7 Å². The molecule has 0 aliphatic rings. The summed E-state index contributed by atoms with van der Waals surface area (Å²) in [5, 5.41) is 11.9. The van der Waals surface area contributed by atoms with Crippen LogP contribution in [0.5, 0.6) is 0 Å².